The van der Waals surface area contributed by atoms with Crippen molar-refractivity contribution in [1.82, 2.24) is 9.55 Å². The molecule has 3 rings (SSSR count). The summed E-state index contributed by atoms with van der Waals surface area (Å²) in [7, 11) is 0. The number of Topliss-reactive ketones (excluding diaryl/α,β-unsaturated/α-hetero) is 1. The maximum absolute atomic E-state index is 12.2. The predicted octanol–water partition coefficient (Wildman–Crippen LogP) is 3.07. The lowest BCUT2D eigenvalue weighted by atomic mass is 10.2. The van der Waals surface area contributed by atoms with Crippen molar-refractivity contribution in [3.63, 3.8) is 0 Å². The van der Waals surface area contributed by atoms with Gasteiger partial charge in [-0.05, 0) is 19.1 Å². The van der Waals surface area contributed by atoms with E-state index >= 15 is 0 Å². The van der Waals surface area contributed by atoms with Crippen LogP contribution >= 0.6 is 0 Å². The van der Waals surface area contributed by atoms with E-state index in [0.29, 0.717) is 5.76 Å². The number of imidazole rings is 1. The summed E-state index contributed by atoms with van der Waals surface area (Å²) in [5.41, 5.74) is 0.740. The third-order valence-electron chi connectivity index (χ3n) is 3.16. The van der Waals surface area contributed by atoms with E-state index < -0.39 is 0 Å². The fraction of sp³-hybridized carbons (Fsp3) is 0.200. The predicted molar refractivity (Wildman–Crippen MR) is 72.1 cm³/mol. The average molecular weight is 254 g/mol. The monoisotopic (exact) mass is 254 g/mol. The molecule has 0 aliphatic heterocycles. The van der Waals surface area contributed by atoms with Crippen LogP contribution in [0.2, 0.25) is 0 Å². The number of fused-ring (bicyclic) bond motifs is 1. The summed E-state index contributed by atoms with van der Waals surface area (Å²) < 4.78 is 7.52. The fourth-order valence-electron chi connectivity index (χ4n) is 2.15. The van der Waals surface area contributed by atoms with Crippen molar-refractivity contribution in [3.8, 4) is 0 Å². The summed E-state index contributed by atoms with van der Waals surface area (Å²) in [5.74, 6) is 1.12. The molecule has 0 aliphatic carbocycles. The first kappa shape index (κ1) is 11.7. The van der Waals surface area contributed by atoms with Crippen LogP contribution in [0.15, 0.2) is 47.1 Å². The minimum atomic E-state index is -0.0444. The first-order chi connectivity index (χ1) is 9.28. The van der Waals surface area contributed by atoms with Gasteiger partial charge in [-0.25, -0.2) is 4.98 Å². The molecule has 0 radical (unpaired) electrons. The van der Waals surface area contributed by atoms with E-state index in [1.807, 2.05) is 42.0 Å². The quantitative estimate of drug-likeness (QED) is 0.672. The lowest BCUT2D eigenvalue weighted by molar-refractivity contribution is 0.0965. The van der Waals surface area contributed by atoms with Crippen molar-refractivity contribution >= 4 is 16.8 Å². The number of nitrogens with zero attached hydrogens (tertiary/aromatic N) is 2. The van der Waals surface area contributed by atoms with Crippen LogP contribution in [0.1, 0.15) is 23.3 Å². The van der Waals surface area contributed by atoms with Gasteiger partial charge in [0.15, 0.2) is 5.76 Å². The molecule has 96 valence electrons. The molecular formula is C15H14N2O2. The Labute approximate surface area is 110 Å². The average Bonchev–Trinajstić information content (AvgIpc) is 3.03. The van der Waals surface area contributed by atoms with Gasteiger partial charge in [0, 0.05) is 24.3 Å². The number of carbonyl (C=O) groups is 1. The van der Waals surface area contributed by atoms with Crippen LogP contribution in [0.3, 0.4) is 0 Å². The summed E-state index contributed by atoms with van der Waals surface area (Å²) in [6, 6.07) is 9.40. The van der Waals surface area contributed by atoms with Crippen LogP contribution in [0.4, 0.5) is 0 Å². The maximum Gasteiger partial charge on any atom is 0.205 e. The zero-order valence-electron chi connectivity index (χ0n) is 10.7. The first-order valence-electron chi connectivity index (χ1n) is 6.29. The lowest BCUT2D eigenvalue weighted by Gasteiger charge is -2.02. The number of benzene rings is 1. The van der Waals surface area contributed by atoms with Crippen molar-refractivity contribution < 1.29 is 9.21 Å². The molecule has 2 heterocycles. The lowest BCUT2D eigenvalue weighted by Crippen LogP contribution is -2.08. The number of hydrogen-bond acceptors (Lipinski definition) is 3. The number of para-hydroxylation sites is 1. The Balaban J connectivity index is 1.87. The van der Waals surface area contributed by atoms with Crippen LogP contribution in [0.5, 0.6) is 0 Å². The topological polar surface area (TPSA) is 48.0 Å². The van der Waals surface area contributed by atoms with E-state index in [1.54, 1.807) is 12.3 Å². The van der Waals surface area contributed by atoms with Gasteiger partial charge in [-0.15, -0.1) is 0 Å². The molecule has 0 spiro atoms. The van der Waals surface area contributed by atoms with Gasteiger partial charge in [-0.3, -0.25) is 4.79 Å². The first-order valence-corrected chi connectivity index (χ1v) is 6.29. The standard InChI is InChI=1S/C15H14N2O2/c1-2-17-8-7-16-15(17)10-12(18)14-9-11-5-3-4-6-13(11)19-14/h3-9H,2,10H2,1H3. The van der Waals surface area contributed by atoms with Gasteiger partial charge in [0.1, 0.15) is 11.4 Å². The highest BCUT2D eigenvalue weighted by molar-refractivity contribution is 5.98. The Morgan fingerprint density at radius 3 is 3.00 bits per heavy atom. The third-order valence-corrected chi connectivity index (χ3v) is 3.16. The second-order valence-electron chi connectivity index (χ2n) is 4.38. The molecule has 0 aliphatic rings. The smallest absolute Gasteiger partial charge is 0.205 e. The Kier molecular flexibility index (Phi) is 2.91. The molecule has 4 nitrogen and oxygen atoms in total. The molecule has 0 saturated heterocycles. The molecule has 0 bridgehead atoms. The maximum atomic E-state index is 12.2. The number of furan rings is 1. The van der Waals surface area contributed by atoms with Crippen molar-refractivity contribution in [3.05, 3.63) is 54.3 Å². The molecule has 2 aromatic heterocycles. The summed E-state index contributed by atoms with van der Waals surface area (Å²) in [5, 5.41) is 0.949. The van der Waals surface area contributed by atoms with Crippen LogP contribution in [0.25, 0.3) is 11.0 Å². The molecule has 0 fully saturated rings. The number of hydrogen-bond donors (Lipinski definition) is 0. The molecule has 4 heteroatoms. The number of aromatic nitrogens is 2. The molecular weight excluding hydrogens is 240 g/mol. The van der Waals surface area contributed by atoms with Crippen molar-refractivity contribution in [1.29, 1.82) is 0 Å². The second-order valence-corrected chi connectivity index (χ2v) is 4.38. The summed E-state index contributed by atoms with van der Waals surface area (Å²) in [6.07, 6.45) is 3.85. The summed E-state index contributed by atoms with van der Waals surface area (Å²) in [4.78, 5) is 16.4. The second kappa shape index (κ2) is 4.72. The minimum absolute atomic E-state index is 0.0444. The largest absolute Gasteiger partial charge is 0.453 e. The Hall–Kier alpha value is -2.36. The van der Waals surface area contributed by atoms with Crippen LogP contribution in [-0.2, 0) is 13.0 Å². The van der Waals surface area contributed by atoms with Gasteiger partial charge in [-0.2, -0.15) is 0 Å². The van der Waals surface area contributed by atoms with Crippen LogP contribution < -0.4 is 0 Å². The van der Waals surface area contributed by atoms with Crippen molar-refractivity contribution in [2.75, 3.05) is 0 Å². The zero-order chi connectivity index (χ0) is 13.2. The minimum Gasteiger partial charge on any atom is -0.453 e. The highest BCUT2D eigenvalue weighted by Gasteiger charge is 2.15. The van der Waals surface area contributed by atoms with E-state index in [-0.39, 0.29) is 12.2 Å². The van der Waals surface area contributed by atoms with E-state index in [2.05, 4.69) is 4.98 Å². The van der Waals surface area contributed by atoms with Gasteiger partial charge in [0.25, 0.3) is 0 Å². The van der Waals surface area contributed by atoms with Gasteiger partial charge < -0.3 is 8.98 Å². The SMILES string of the molecule is CCn1ccnc1CC(=O)c1cc2ccccc2o1. The highest BCUT2D eigenvalue weighted by Crippen LogP contribution is 2.20. The fourth-order valence-corrected chi connectivity index (χ4v) is 2.15. The number of carbonyl (C=O) groups excluding carboxylic acids is 1. The molecule has 3 aromatic rings. The van der Waals surface area contributed by atoms with Gasteiger partial charge in [0.2, 0.25) is 5.78 Å². The number of ketones is 1. The van der Waals surface area contributed by atoms with Crippen molar-refractivity contribution in [2.45, 2.75) is 19.9 Å². The van der Waals surface area contributed by atoms with E-state index in [0.717, 1.165) is 23.3 Å². The molecule has 19 heavy (non-hydrogen) atoms. The van der Waals surface area contributed by atoms with Crippen LogP contribution in [-0.4, -0.2) is 15.3 Å². The number of aryl methyl sites for hydroxylation is 1. The Morgan fingerprint density at radius 1 is 1.37 bits per heavy atom. The Morgan fingerprint density at radius 2 is 2.21 bits per heavy atom. The van der Waals surface area contributed by atoms with E-state index in [4.69, 9.17) is 4.42 Å². The zero-order valence-corrected chi connectivity index (χ0v) is 10.7. The van der Waals surface area contributed by atoms with E-state index in [9.17, 15) is 4.79 Å². The molecule has 0 atom stereocenters. The normalized spacial score (nSPS) is 11.0. The van der Waals surface area contributed by atoms with Gasteiger partial charge >= 0.3 is 0 Å². The van der Waals surface area contributed by atoms with Crippen molar-refractivity contribution in [2.24, 2.45) is 0 Å². The van der Waals surface area contributed by atoms with Gasteiger partial charge in [0.05, 0.1) is 6.42 Å². The molecule has 0 N–H and O–H groups in total. The van der Waals surface area contributed by atoms with Crippen LogP contribution in [0, 0.1) is 0 Å². The molecule has 0 saturated carbocycles. The summed E-state index contributed by atoms with van der Waals surface area (Å²) in [6.45, 7) is 2.83. The Bertz CT molecular complexity index is 691. The van der Waals surface area contributed by atoms with E-state index in [1.165, 1.54) is 0 Å². The molecule has 0 unspecified atom stereocenters. The highest BCUT2D eigenvalue weighted by atomic mass is 16.3. The van der Waals surface area contributed by atoms with Gasteiger partial charge in [-0.1, -0.05) is 18.2 Å². The molecule has 0 amide bonds. The summed E-state index contributed by atoms with van der Waals surface area (Å²) >= 11 is 0. The number of rotatable bonds is 4. The third kappa shape index (κ3) is 2.17. The molecule has 1 aromatic carbocycles.